The van der Waals surface area contributed by atoms with Crippen LogP contribution in [0, 0.1) is 12.7 Å². The highest BCUT2D eigenvalue weighted by Crippen LogP contribution is 2.29. The van der Waals surface area contributed by atoms with Gasteiger partial charge in [-0.2, -0.15) is 5.10 Å². The van der Waals surface area contributed by atoms with Gasteiger partial charge in [0, 0.05) is 18.2 Å². The maximum atomic E-state index is 14.0. The first-order valence-electron chi connectivity index (χ1n) is 9.13. The van der Waals surface area contributed by atoms with Crippen molar-refractivity contribution in [1.29, 1.82) is 0 Å². The molecular weight excluding hydrogens is 379 g/mol. The molecule has 0 saturated heterocycles. The molecule has 6 nitrogen and oxygen atoms in total. The van der Waals surface area contributed by atoms with E-state index >= 15 is 0 Å². The molecule has 4 rings (SSSR count). The molecule has 1 N–H and O–H groups in total. The average Bonchev–Trinajstić information content (AvgIpc) is 3.28. The lowest BCUT2D eigenvalue weighted by atomic mass is 10.2. The zero-order valence-corrected chi connectivity index (χ0v) is 16.2. The maximum absolute atomic E-state index is 14.0. The van der Waals surface area contributed by atoms with Gasteiger partial charge in [0.15, 0.2) is 0 Å². The molecule has 0 radical (unpaired) electrons. The quantitative estimate of drug-likeness (QED) is 0.717. The molecule has 0 atom stereocenters. The van der Waals surface area contributed by atoms with E-state index < -0.39 is 0 Å². The van der Waals surface area contributed by atoms with Crippen LogP contribution in [-0.2, 0) is 19.4 Å². The van der Waals surface area contributed by atoms with Gasteiger partial charge in [0.05, 0.1) is 17.9 Å². The van der Waals surface area contributed by atoms with E-state index in [0.29, 0.717) is 27.7 Å². The van der Waals surface area contributed by atoms with Crippen molar-refractivity contribution >= 4 is 17.2 Å². The first kappa shape index (κ1) is 18.5. The molecule has 2 aromatic heterocycles. The normalized spacial score (nSPS) is 12.8. The number of hydrogen-bond donors (Lipinski definition) is 1. The van der Waals surface area contributed by atoms with Crippen LogP contribution in [0.15, 0.2) is 35.1 Å². The second kappa shape index (κ2) is 7.63. The Morgan fingerprint density at radius 3 is 2.96 bits per heavy atom. The first-order valence-corrected chi connectivity index (χ1v) is 9.95. The number of thiazole rings is 1. The van der Waals surface area contributed by atoms with Gasteiger partial charge in [-0.3, -0.25) is 9.59 Å². The lowest BCUT2D eigenvalue weighted by Crippen LogP contribution is -2.32. The van der Waals surface area contributed by atoms with Gasteiger partial charge in [-0.25, -0.2) is 14.1 Å². The van der Waals surface area contributed by atoms with Gasteiger partial charge >= 0.3 is 0 Å². The summed E-state index contributed by atoms with van der Waals surface area (Å²) < 4.78 is 15.4. The molecule has 8 heteroatoms. The predicted octanol–water partition coefficient (Wildman–Crippen LogP) is 2.73. The molecule has 144 valence electrons. The fourth-order valence-electron chi connectivity index (χ4n) is 3.31. The van der Waals surface area contributed by atoms with Crippen LogP contribution in [0.3, 0.4) is 0 Å². The van der Waals surface area contributed by atoms with Crippen molar-refractivity contribution in [2.45, 2.75) is 32.7 Å². The molecule has 0 spiro atoms. The SMILES string of the molecule is Cc1nc(-c2ccccc2F)sc1C(=O)NCCn1nc2c(cc1=O)CCC2. The molecule has 0 bridgehead atoms. The van der Waals surface area contributed by atoms with Crippen molar-refractivity contribution in [1.82, 2.24) is 20.1 Å². The summed E-state index contributed by atoms with van der Waals surface area (Å²) >= 11 is 1.15. The van der Waals surface area contributed by atoms with Crippen LogP contribution in [0.2, 0.25) is 0 Å². The third-order valence-electron chi connectivity index (χ3n) is 4.74. The molecule has 3 aromatic rings. The Bertz CT molecular complexity index is 1110. The third kappa shape index (κ3) is 3.60. The highest BCUT2D eigenvalue weighted by atomic mass is 32.1. The fraction of sp³-hybridized carbons (Fsp3) is 0.300. The Labute approximate surface area is 165 Å². The van der Waals surface area contributed by atoms with Crippen molar-refractivity contribution in [2.75, 3.05) is 6.54 Å². The van der Waals surface area contributed by atoms with E-state index in [-0.39, 0.29) is 23.8 Å². The number of amides is 1. The van der Waals surface area contributed by atoms with Crippen molar-refractivity contribution < 1.29 is 9.18 Å². The number of nitrogens with zero attached hydrogens (tertiary/aromatic N) is 3. The summed E-state index contributed by atoms with van der Waals surface area (Å²) in [6.07, 6.45) is 2.82. The van der Waals surface area contributed by atoms with E-state index in [1.54, 1.807) is 31.2 Å². The second-order valence-electron chi connectivity index (χ2n) is 6.70. The topological polar surface area (TPSA) is 76.9 Å². The van der Waals surface area contributed by atoms with E-state index in [2.05, 4.69) is 15.4 Å². The molecule has 1 amide bonds. The molecule has 0 aliphatic heterocycles. The summed E-state index contributed by atoms with van der Waals surface area (Å²) in [5, 5.41) is 7.67. The van der Waals surface area contributed by atoms with E-state index in [0.717, 1.165) is 41.9 Å². The summed E-state index contributed by atoms with van der Waals surface area (Å²) in [5.41, 5.74) is 2.79. The van der Waals surface area contributed by atoms with Crippen LogP contribution in [0.25, 0.3) is 10.6 Å². The summed E-state index contributed by atoms with van der Waals surface area (Å²) in [6.45, 7) is 2.30. The van der Waals surface area contributed by atoms with Gasteiger partial charge in [0.1, 0.15) is 15.7 Å². The van der Waals surface area contributed by atoms with Crippen LogP contribution in [0.1, 0.15) is 33.0 Å². The van der Waals surface area contributed by atoms with Crippen LogP contribution >= 0.6 is 11.3 Å². The van der Waals surface area contributed by atoms with Crippen LogP contribution in [0.5, 0.6) is 0 Å². The molecule has 0 saturated carbocycles. The minimum Gasteiger partial charge on any atom is -0.349 e. The zero-order valence-electron chi connectivity index (χ0n) is 15.4. The lowest BCUT2D eigenvalue weighted by molar-refractivity contribution is 0.0955. The number of halogens is 1. The lowest BCUT2D eigenvalue weighted by Gasteiger charge is -2.08. The van der Waals surface area contributed by atoms with Crippen molar-refractivity contribution in [3.63, 3.8) is 0 Å². The van der Waals surface area contributed by atoms with Crippen LogP contribution in [0.4, 0.5) is 4.39 Å². The molecule has 1 aromatic carbocycles. The monoisotopic (exact) mass is 398 g/mol. The summed E-state index contributed by atoms with van der Waals surface area (Å²) in [6, 6.07) is 8.00. The fourth-order valence-corrected chi connectivity index (χ4v) is 4.32. The number of carbonyl (C=O) groups excluding carboxylic acids is 1. The molecule has 28 heavy (non-hydrogen) atoms. The van der Waals surface area contributed by atoms with Gasteiger partial charge in [-0.1, -0.05) is 12.1 Å². The zero-order chi connectivity index (χ0) is 19.7. The van der Waals surface area contributed by atoms with E-state index in [9.17, 15) is 14.0 Å². The highest BCUT2D eigenvalue weighted by Gasteiger charge is 2.18. The van der Waals surface area contributed by atoms with Crippen molar-refractivity contribution in [3.8, 4) is 10.6 Å². The smallest absolute Gasteiger partial charge is 0.267 e. The third-order valence-corrected chi connectivity index (χ3v) is 5.93. The number of nitrogens with one attached hydrogen (secondary N) is 1. The number of carbonyl (C=O) groups is 1. The minimum absolute atomic E-state index is 0.147. The molecule has 0 unspecified atom stereocenters. The van der Waals surface area contributed by atoms with Gasteiger partial charge in [-0.15, -0.1) is 11.3 Å². The van der Waals surface area contributed by atoms with Gasteiger partial charge in [-0.05, 0) is 43.9 Å². The van der Waals surface area contributed by atoms with Crippen LogP contribution in [-0.4, -0.2) is 27.2 Å². The van der Waals surface area contributed by atoms with Gasteiger partial charge in [0.25, 0.3) is 11.5 Å². The first-order chi connectivity index (χ1) is 13.5. The number of aryl methyl sites for hydroxylation is 3. The number of benzene rings is 1. The largest absolute Gasteiger partial charge is 0.349 e. The minimum atomic E-state index is -0.370. The Morgan fingerprint density at radius 2 is 2.14 bits per heavy atom. The predicted molar refractivity (Wildman–Crippen MR) is 105 cm³/mol. The number of hydrogen-bond acceptors (Lipinski definition) is 5. The molecule has 1 aliphatic rings. The second-order valence-corrected chi connectivity index (χ2v) is 7.70. The molecule has 1 aliphatic carbocycles. The Hall–Kier alpha value is -2.87. The van der Waals surface area contributed by atoms with Crippen molar-refractivity contribution in [2.24, 2.45) is 0 Å². The van der Waals surface area contributed by atoms with Gasteiger partial charge < -0.3 is 5.32 Å². The Balaban J connectivity index is 1.44. The number of rotatable bonds is 5. The van der Waals surface area contributed by atoms with Crippen LogP contribution < -0.4 is 10.9 Å². The van der Waals surface area contributed by atoms with E-state index in [4.69, 9.17) is 0 Å². The van der Waals surface area contributed by atoms with E-state index in [1.165, 1.54) is 10.7 Å². The number of fused-ring (bicyclic) bond motifs is 1. The summed E-state index contributed by atoms with van der Waals surface area (Å²) in [7, 11) is 0. The Morgan fingerprint density at radius 1 is 1.32 bits per heavy atom. The molecule has 0 fully saturated rings. The Kier molecular flexibility index (Phi) is 5.04. The maximum Gasteiger partial charge on any atom is 0.267 e. The van der Waals surface area contributed by atoms with Crippen molar-refractivity contribution in [3.05, 3.63) is 68.3 Å². The van der Waals surface area contributed by atoms with E-state index in [1.807, 2.05) is 0 Å². The highest BCUT2D eigenvalue weighted by molar-refractivity contribution is 7.17. The summed E-state index contributed by atoms with van der Waals surface area (Å²) in [5.74, 6) is -0.655. The molecule has 2 heterocycles. The summed E-state index contributed by atoms with van der Waals surface area (Å²) in [4.78, 5) is 29.4. The molecular formula is C20H19FN4O2S. The number of aromatic nitrogens is 3. The van der Waals surface area contributed by atoms with Gasteiger partial charge in [0.2, 0.25) is 0 Å². The standard InChI is InChI=1S/C20H19FN4O2S/c1-12-18(28-20(23-12)14-6-2-3-7-15(14)21)19(27)22-9-10-25-17(26)11-13-5-4-8-16(13)24-25/h2-3,6-7,11H,4-5,8-10H2,1H3,(H,22,27). The average molecular weight is 398 g/mol.